The van der Waals surface area contributed by atoms with Gasteiger partial charge in [-0.2, -0.15) is 0 Å². The number of pyridine rings is 1. The second kappa shape index (κ2) is 10.4. The van der Waals surface area contributed by atoms with Gasteiger partial charge in [0.2, 0.25) is 0 Å². The SMILES string of the molecule is CCCCCSc1ccc(CNCCOC)cn1. The van der Waals surface area contributed by atoms with Crippen molar-refractivity contribution in [3.63, 3.8) is 0 Å². The lowest BCUT2D eigenvalue weighted by atomic mass is 10.3. The molecule has 1 heterocycles. The number of rotatable bonds is 10. The zero-order valence-electron chi connectivity index (χ0n) is 11.4. The van der Waals surface area contributed by atoms with E-state index in [1.807, 2.05) is 18.0 Å². The highest BCUT2D eigenvalue weighted by Crippen LogP contribution is 2.17. The minimum absolute atomic E-state index is 0.749. The number of nitrogens with one attached hydrogen (secondary N) is 1. The van der Waals surface area contributed by atoms with E-state index in [9.17, 15) is 0 Å². The molecule has 0 aromatic carbocycles. The van der Waals surface area contributed by atoms with Crippen molar-refractivity contribution in [3.05, 3.63) is 23.9 Å². The fraction of sp³-hybridized carbons (Fsp3) is 0.643. The van der Waals surface area contributed by atoms with Crippen LogP contribution in [0.4, 0.5) is 0 Å². The Balaban J connectivity index is 2.20. The largest absolute Gasteiger partial charge is 0.383 e. The molecule has 3 nitrogen and oxygen atoms in total. The molecule has 0 saturated carbocycles. The number of nitrogens with zero attached hydrogens (tertiary/aromatic N) is 1. The van der Waals surface area contributed by atoms with Crippen molar-refractivity contribution >= 4 is 11.8 Å². The van der Waals surface area contributed by atoms with Gasteiger partial charge in [-0.1, -0.05) is 25.8 Å². The Morgan fingerprint density at radius 3 is 2.89 bits per heavy atom. The first kappa shape index (κ1) is 15.5. The van der Waals surface area contributed by atoms with E-state index in [2.05, 4.69) is 29.4 Å². The molecule has 0 unspecified atom stereocenters. The van der Waals surface area contributed by atoms with Gasteiger partial charge in [0.05, 0.1) is 11.6 Å². The normalized spacial score (nSPS) is 10.8. The fourth-order valence-corrected chi connectivity index (χ4v) is 2.39. The van der Waals surface area contributed by atoms with Gasteiger partial charge in [-0.15, -0.1) is 11.8 Å². The number of thioether (sulfide) groups is 1. The van der Waals surface area contributed by atoms with E-state index in [1.54, 1.807) is 7.11 Å². The van der Waals surface area contributed by atoms with Crippen LogP contribution in [0.2, 0.25) is 0 Å². The molecule has 0 atom stereocenters. The van der Waals surface area contributed by atoms with E-state index in [-0.39, 0.29) is 0 Å². The molecule has 0 aliphatic heterocycles. The third kappa shape index (κ3) is 6.99. The van der Waals surface area contributed by atoms with Gasteiger partial charge in [0.25, 0.3) is 0 Å². The van der Waals surface area contributed by atoms with Gasteiger partial charge in [0.15, 0.2) is 0 Å². The number of unbranched alkanes of at least 4 members (excludes halogenated alkanes) is 2. The van der Waals surface area contributed by atoms with Crippen LogP contribution in [0.25, 0.3) is 0 Å². The molecule has 4 heteroatoms. The van der Waals surface area contributed by atoms with E-state index in [1.165, 1.54) is 30.6 Å². The summed E-state index contributed by atoms with van der Waals surface area (Å²) in [6.45, 7) is 4.72. The Hall–Kier alpha value is -0.580. The van der Waals surface area contributed by atoms with Gasteiger partial charge in [-0.25, -0.2) is 4.98 Å². The van der Waals surface area contributed by atoms with Crippen molar-refractivity contribution < 1.29 is 4.74 Å². The molecular weight excluding hydrogens is 244 g/mol. The first-order valence-corrected chi connectivity index (χ1v) is 7.62. The van der Waals surface area contributed by atoms with E-state index in [0.29, 0.717) is 0 Å². The number of aromatic nitrogens is 1. The zero-order chi connectivity index (χ0) is 13.1. The molecule has 0 saturated heterocycles. The highest BCUT2D eigenvalue weighted by atomic mass is 32.2. The Morgan fingerprint density at radius 1 is 1.33 bits per heavy atom. The molecule has 0 bridgehead atoms. The Bertz CT molecular complexity index is 272. The molecule has 1 N–H and O–H groups in total. The molecule has 1 rings (SSSR count). The van der Waals surface area contributed by atoms with E-state index >= 15 is 0 Å². The monoisotopic (exact) mass is 268 g/mol. The number of hydrogen-bond acceptors (Lipinski definition) is 4. The number of methoxy groups -OCH3 is 1. The standard InChI is InChI=1S/C14H24N2OS/c1-3-4-5-10-18-14-7-6-13(12-16-14)11-15-8-9-17-2/h6-7,12,15H,3-5,8-11H2,1-2H3. The van der Waals surface area contributed by atoms with Crippen LogP contribution in [0, 0.1) is 0 Å². The lowest BCUT2D eigenvalue weighted by Crippen LogP contribution is -2.18. The minimum atomic E-state index is 0.749. The average Bonchev–Trinajstić information content (AvgIpc) is 2.41. The summed E-state index contributed by atoms with van der Waals surface area (Å²) < 4.78 is 4.98. The molecule has 1 aromatic rings. The van der Waals surface area contributed by atoms with Gasteiger partial charge in [-0.3, -0.25) is 0 Å². The fourth-order valence-electron chi connectivity index (χ4n) is 1.54. The molecule has 0 fully saturated rings. The van der Waals surface area contributed by atoms with Gasteiger partial charge in [0.1, 0.15) is 0 Å². The van der Waals surface area contributed by atoms with E-state index < -0.39 is 0 Å². The molecule has 18 heavy (non-hydrogen) atoms. The Kier molecular flexibility index (Phi) is 8.90. The van der Waals surface area contributed by atoms with Gasteiger partial charge < -0.3 is 10.1 Å². The Labute approximate surface area is 115 Å². The van der Waals surface area contributed by atoms with Gasteiger partial charge in [0, 0.05) is 26.4 Å². The topological polar surface area (TPSA) is 34.1 Å². The second-order valence-corrected chi connectivity index (χ2v) is 5.35. The van der Waals surface area contributed by atoms with Gasteiger partial charge in [-0.05, 0) is 23.8 Å². The van der Waals surface area contributed by atoms with Crippen molar-refractivity contribution in [2.75, 3.05) is 26.0 Å². The van der Waals surface area contributed by atoms with Crippen LogP contribution in [0.1, 0.15) is 31.7 Å². The van der Waals surface area contributed by atoms with Crippen molar-refractivity contribution in [1.29, 1.82) is 0 Å². The molecule has 0 amide bonds. The summed E-state index contributed by atoms with van der Waals surface area (Å²) in [6, 6.07) is 4.26. The first-order valence-electron chi connectivity index (χ1n) is 6.64. The third-order valence-electron chi connectivity index (χ3n) is 2.61. The average molecular weight is 268 g/mol. The van der Waals surface area contributed by atoms with Crippen LogP contribution < -0.4 is 5.32 Å². The van der Waals surface area contributed by atoms with Crippen LogP contribution >= 0.6 is 11.8 Å². The lowest BCUT2D eigenvalue weighted by molar-refractivity contribution is 0.199. The molecule has 0 spiro atoms. The van der Waals surface area contributed by atoms with Crippen molar-refractivity contribution in [1.82, 2.24) is 10.3 Å². The predicted molar refractivity (Wildman–Crippen MR) is 78.1 cm³/mol. The van der Waals surface area contributed by atoms with Crippen molar-refractivity contribution in [3.8, 4) is 0 Å². The summed E-state index contributed by atoms with van der Waals surface area (Å²) in [4.78, 5) is 4.47. The summed E-state index contributed by atoms with van der Waals surface area (Å²) in [5.74, 6) is 1.17. The van der Waals surface area contributed by atoms with Crippen LogP contribution in [0.15, 0.2) is 23.4 Å². The predicted octanol–water partition coefficient (Wildman–Crippen LogP) is 3.10. The molecule has 1 aromatic heterocycles. The molecule has 0 radical (unpaired) electrons. The summed E-state index contributed by atoms with van der Waals surface area (Å²) in [5.41, 5.74) is 1.23. The first-order chi connectivity index (χ1) is 8.86. The number of hydrogen-bond donors (Lipinski definition) is 1. The minimum Gasteiger partial charge on any atom is -0.383 e. The van der Waals surface area contributed by atoms with Crippen molar-refractivity contribution in [2.45, 2.75) is 37.8 Å². The summed E-state index contributed by atoms with van der Waals surface area (Å²) >= 11 is 1.85. The van der Waals surface area contributed by atoms with Crippen LogP contribution in [-0.2, 0) is 11.3 Å². The summed E-state index contributed by atoms with van der Waals surface area (Å²) in [7, 11) is 1.72. The highest BCUT2D eigenvalue weighted by molar-refractivity contribution is 7.99. The van der Waals surface area contributed by atoms with E-state index in [0.717, 1.165) is 24.7 Å². The highest BCUT2D eigenvalue weighted by Gasteiger charge is 1.97. The lowest BCUT2D eigenvalue weighted by Gasteiger charge is -2.05. The van der Waals surface area contributed by atoms with E-state index in [4.69, 9.17) is 4.74 Å². The summed E-state index contributed by atoms with van der Waals surface area (Å²) in [5, 5.41) is 4.44. The Morgan fingerprint density at radius 2 is 2.22 bits per heavy atom. The third-order valence-corrected chi connectivity index (χ3v) is 3.64. The van der Waals surface area contributed by atoms with Crippen LogP contribution in [0.5, 0.6) is 0 Å². The quantitative estimate of drug-likeness (QED) is 0.522. The maximum atomic E-state index is 4.98. The van der Waals surface area contributed by atoms with Crippen molar-refractivity contribution in [2.24, 2.45) is 0 Å². The van der Waals surface area contributed by atoms with Crippen LogP contribution in [0.3, 0.4) is 0 Å². The molecular formula is C14H24N2OS. The molecule has 0 aliphatic rings. The maximum Gasteiger partial charge on any atom is 0.0960 e. The summed E-state index contributed by atoms with van der Waals surface area (Å²) in [6.07, 6.45) is 5.83. The smallest absolute Gasteiger partial charge is 0.0960 e. The molecule has 102 valence electrons. The van der Waals surface area contributed by atoms with Gasteiger partial charge >= 0.3 is 0 Å². The second-order valence-electron chi connectivity index (χ2n) is 4.23. The zero-order valence-corrected chi connectivity index (χ0v) is 12.3. The van der Waals surface area contributed by atoms with Crippen LogP contribution in [-0.4, -0.2) is 31.0 Å². The number of ether oxygens (including phenoxy) is 1. The maximum absolute atomic E-state index is 4.98. The molecule has 0 aliphatic carbocycles.